The fourth-order valence-corrected chi connectivity index (χ4v) is 0.723. The van der Waals surface area contributed by atoms with Gasteiger partial charge in [0.05, 0.1) is 13.0 Å². The fraction of sp³-hybridized carbons (Fsp3) is 0.625. The minimum atomic E-state index is -0.722. The number of hydrazone groups is 1. The van der Waals surface area contributed by atoms with Gasteiger partial charge in [-0.3, -0.25) is 4.79 Å². The van der Waals surface area contributed by atoms with Crippen LogP contribution in [0.25, 0.3) is 0 Å². The topological polar surface area (TPSA) is 93.8 Å². The summed E-state index contributed by atoms with van der Waals surface area (Å²) in [7, 11) is 0. The van der Waals surface area contributed by atoms with Crippen molar-refractivity contribution in [3.8, 4) is 0 Å². The number of ether oxygens (including phenoxy) is 1. The predicted molar refractivity (Wildman–Crippen MR) is 51.7 cm³/mol. The molecule has 0 heterocycles. The molecule has 0 aromatic carbocycles. The van der Waals surface area contributed by atoms with Crippen molar-refractivity contribution in [1.82, 2.24) is 5.43 Å². The van der Waals surface area contributed by atoms with Crippen LogP contribution in [0.4, 0.5) is 4.79 Å². The quantitative estimate of drug-likeness (QED) is 0.382. The summed E-state index contributed by atoms with van der Waals surface area (Å²) in [6, 6.07) is -0.722. The maximum Gasteiger partial charge on any atom is 0.332 e. The van der Waals surface area contributed by atoms with Crippen LogP contribution in [0, 0.1) is 0 Å². The smallest absolute Gasteiger partial charge is 0.332 e. The molecule has 0 aromatic rings. The Hall–Kier alpha value is -1.59. The molecule has 6 nitrogen and oxygen atoms in total. The van der Waals surface area contributed by atoms with Crippen molar-refractivity contribution in [2.45, 2.75) is 26.7 Å². The number of rotatable bonds is 5. The molecule has 0 saturated carbocycles. The van der Waals surface area contributed by atoms with Gasteiger partial charge in [-0.2, -0.15) is 5.10 Å². The van der Waals surface area contributed by atoms with Crippen LogP contribution < -0.4 is 11.2 Å². The number of hydrogen-bond acceptors (Lipinski definition) is 4. The summed E-state index contributed by atoms with van der Waals surface area (Å²) in [5.74, 6) is -0.277. The highest BCUT2D eigenvalue weighted by Gasteiger charge is 2.02. The summed E-state index contributed by atoms with van der Waals surface area (Å²) in [5, 5.41) is 3.64. The molecule has 14 heavy (non-hydrogen) atoms. The maximum atomic E-state index is 10.9. The molecule has 6 heteroatoms. The number of primary amides is 1. The Bertz CT molecular complexity index is 238. The third-order valence-electron chi connectivity index (χ3n) is 1.35. The molecule has 0 aliphatic rings. The van der Waals surface area contributed by atoms with Crippen LogP contribution in [0.2, 0.25) is 0 Å². The van der Waals surface area contributed by atoms with Gasteiger partial charge in [-0.25, -0.2) is 10.2 Å². The van der Waals surface area contributed by atoms with Crippen molar-refractivity contribution in [2.24, 2.45) is 10.8 Å². The standard InChI is InChI=1S/C8H15N3O3/c1-3-14-7(12)5-4-6(2)10-11-8(9)13/h3-5H2,1-2H3,(H3,9,11,13). The molecule has 0 radical (unpaired) electrons. The monoisotopic (exact) mass is 201 g/mol. The first-order valence-electron chi connectivity index (χ1n) is 4.30. The second-order valence-electron chi connectivity index (χ2n) is 2.63. The Morgan fingerprint density at radius 3 is 2.57 bits per heavy atom. The van der Waals surface area contributed by atoms with E-state index >= 15 is 0 Å². The lowest BCUT2D eigenvalue weighted by Crippen LogP contribution is -2.25. The average molecular weight is 201 g/mol. The molecule has 0 aromatic heterocycles. The highest BCUT2D eigenvalue weighted by atomic mass is 16.5. The SMILES string of the molecule is CCOC(=O)CCC(C)=NNC(N)=O. The zero-order valence-corrected chi connectivity index (χ0v) is 8.37. The number of nitrogens with zero attached hydrogens (tertiary/aromatic N) is 1. The van der Waals surface area contributed by atoms with Crippen molar-refractivity contribution in [3.63, 3.8) is 0 Å². The minimum absolute atomic E-state index is 0.254. The molecule has 0 saturated heterocycles. The van der Waals surface area contributed by atoms with E-state index in [0.29, 0.717) is 18.7 Å². The van der Waals surface area contributed by atoms with Crippen LogP contribution in [0.5, 0.6) is 0 Å². The molecule has 0 bridgehead atoms. The summed E-state index contributed by atoms with van der Waals surface area (Å²) in [6.45, 7) is 3.80. The summed E-state index contributed by atoms with van der Waals surface area (Å²) in [5.41, 5.74) is 7.49. The van der Waals surface area contributed by atoms with Gasteiger partial charge in [-0.1, -0.05) is 0 Å². The second kappa shape index (κ2) is 6.88. The maximum absolute atomic E-state index is 10.9. The molecule has 2 amide bonds. The minimum Gasteiger partial charge on any atom is -0.466 e. The lowest BCUT2D eigenvalue weighted by molar-refractivity contribution is -0.142. The first-order chi connectivity index (χ1) is 6.56. The Kier molecular flexibility index (Phi) is 6.09. The van der Waals surface area contributed by atoms with E-state index in [0.717, 1.165) is 0 Å². The number of nitrogens with one attached hydrogen (secondary N) is 1. The van der Waals surface area contributed by atoms with Crippen molar-refractivity contribution in [1.29, 1.82) is 0 Å². The van der Waals surface area contributed by atoms with Crippen molar-refractivity contribution in [2.75, 3.05) is 6.61 Å². The molecule has 3 N–H and O–H groups in total. The lowest BCUT2D eigenvalue weighted by Gasteiger charge is -2.01. The van der Waals surface area contributed by atoms with Crippen molar-refractivity contribution in [3.05, 3.63) is 0 Å². The van der Waals surface area contributed by atoms with E-state index in [9.17, 15) is 9.59 Å². The zero-order chi connectivity index (χ0) is 11.0. The number of urea groups is 1. The number of hydrogen-bond donors (Lipinski definition) is 2. The van der Waals surface area contributed by atoms with Gasteiger partial charge in [0.15, 0.2) is 0 Å². The molecule has 0 unspecified atom stereocenters. The van der Waals surface area contributed by atoms with Gasteiger partial charge in [0.1, 0.15) is 0 Å². The van der Waals surface area contributed by atoms with E-state index in [1.54, 1.807) is 13.8 Å². The van der Waals surface area contributed by atoms with E-state index in [1.165, 1.54) is 0 Å². The average Bonchev–Trinajstić information content (AvgIpc) is 2.12. The highest BCUT2D eigenvalue weighted by Crippen LogP contribution is 1.95. The Morgan fingerprint density at radius 1 is 1.43 bits per heavy atom. The van der Waals surface area contributed by atoms with E-state index in [4.69, 9.17) is 10.5 Å². The molecule has 0 aliphatic heterocycles. The van der Waals surface area contributed by atoms with E-state index in [1.807, 2.05) is 0 Å². The normalized spacial score (nSPS) is 10.9. The van der Waals surface area contributed by atoms with Gasteiger partial charge >= 0.3 is 12.0 Å². The molecule has 0 aliphatic carbocycles. The van der Waals surface area contributed by atoms with Crippen LogP contribution in [-0.4, -0.2) is 24.3 Å². The highest BCUT2D eigenvalue weighted by molar-refractivity contribution is 5.86. The van der Waals surface area contributed by atoms with E-state index in [-0.39, 0.29) is 12.4 Å². The first-order valence-corrected chi connectivity index (χ1v) is 4.30. The number of carbonyl (C=O) groups is 2. The molecule has 80 valence electrons. The number of amides is 2. The Labute approximate surface area is 82.5 Å². The summed E-state index contributed by atoms with van der Waals surface area (Å²) < 4.78 is 4.71. The van der Waals surface area contributed by atoms with Crippen LogP contribution >= 0.6 is 0 Å². The summed E-state index contributed by atoms with van der Waals surface area (Å²) in [6.07, 6.45) is 0.697. The van der Waals surface area contributed by atoms with E-state index < -0.39 is 6.03 Å². The van der Waals surface area contributed by atoms with Gasteiger partial charge in [-0.15, -0.1) is 0 Å². The van der Waals surface area contributed by atoms with Gasteiger partial charge in [-0.05, 0) is 20.3 Å². The Morgan fingerprint density at radius 2 is 2.07 bits per heavy atom. The molecular formula is C8H15N3O3. The van der Waals surface area contributed by atoms with Gasteiger partial charge in [0.2, 0.25) is 0 Å². The molecule has 0 rings (SSSR count). The molecular weight excluding hydrogens is 186 g/mol. The number of carbonyl (C=O) groups excluding carboxylic acids is 2. The van der Waals surface area contributed by atoms with Gasteiger partial charge in [0, 0.05) is 5.71 Å². The van der Waals surface area contributed by atoms with Crippen LogP contribution in [0.3, 0.4) is 0 Å². The zero-order valence-electron chi connectivity index (χ0n) is 8.37. The van der Waals surface area contributed by atoms with Crippen LogP contribution in [0.1, 0.15) is 26.7 Å². The molecule has 0 fully saturated rings. The van der Waals surface area contributed by atoms with E-state index in [2.05, 4.69) is 10.5 Å². The van der Waals surface area contributed by atoms with Crippen LogP contribution in [-0.2, 0) is 9.53 Å². The third-order valence-corrected chi connectivity index (χ3v) is 1.35. The predicted octanol–water partition coefficient (Wildman–Crippen LogP) is 0.374. The van der Waals surface area contributed by atoms with Crippen molar-refractivity contribution >= 4 is 17.7 Å². The number of nitrogens with two attached hydrogens (primary N) is 1. The largest absolute Gasteiger partial charge is 0.466 e. The lowest BCUT2D eigenvalue weighted by atomic mass is 10.2. The summed E-state index contributed by atoms with van der Waals surface area (Å²) >= 11 is 0. The van der Waals surface area contributed by atoms with Gasteiger partial charge < -0.3 is 10.5 Å². The van der Waals surface area contributed by atoms with Crippen LogP contribution in [0.15, 0.2) is 5.10 Å². The fourth-order valence-electron chi connectivity index (χ4n) is 0.723. The molecule has 0 spiro atoms. The summed E-state index contributed by atoms with van der Waals surface area (Å²) in [4.78, 5) is 21.2. The van der Waals surface area contributed by atoms with Crippen molar-refractivity contribution < 1.29 is 14.3 Å². The first kappa shape index (κ1) is 12.4. The van der Waals surface area contributed by atoms with Gasteiger partial charge in [0.25, 0.3) is 0 Å². The number of esters is 1. The molecule has 0 atom stereocenters. The second-order valence-corrected chi connectivity index (χ2v) is 2.63. The Balaban J connectivity index is 3.72. The third kappa shape index (κ3) is 7.08.